The van der Waals surface area contributed by atoms with Crippen LogP contribution in [0.2, 0.25) is 5.02 Å². The van der Waals surface area contributed by atoms with E-state index in [9.17, 15) is 13.2 Å². The summed E-state index contributed by atoms with van der Waals surface area (Å²) in [6.45, 7) is 0. The third-order valence-corrected chi connectivity index (χ3v) is 4.27. The van der Waals surface area contributed by atoms with Crippen LogP contribution in [0.25, 0.3) is 0 Å². The number of benzene rings is 1. The molecule has 0 saturated heterocycles. The molecule has 0 radical (unpaired) electrons. The van der Waals surface area contributed by atoms with Crippen LogP contribution in [0.5, 0.6) is 5.75 Å². The Morgan fingerprint density at radius 1 is 1.30 bits per heavy atom. The van der Waals surface area contributed by atoms with E-state index in [1.165, 1.54) is 7.11 Å². The number of hydrogen-bond acceptors (Lipinski definition) is 2. The minimum absolute atomic E-state index is 0.0374. The summed E-state index contributed by atoms with van der Waals surface area (Å²) in [7, 11) is 1.51. The van der Waals surface area contributed by atoms with Gasteiger partial charge in [-0.15, -0.1) is 0 Å². The van der Waals surface area contributed by atoms with E-state index in [2.05, 4.69) is 0 Å². The fourth-order valence-corrected chi connectivity index (χ4v) is 2.97. The average molecular weight is 308 g/mol. The molecule has 112 valence electrons. The Morgan fingerprint density at radius 3 is 2.40 bits per heavy atom. The first kappa shape index (κ1) is 15.4. The van der Waals surface area contributed by atoms with Crippen LogP contribution in [-0.4, -0.2) is 13.3 Å². The molecule has 0 atom stereocenters. The highest BCUT2D eigenvalue weighted by Gasteiger charge is 2.45. The molecule has 1 aromatic rings. The molecule has 0 aromatic heterocycles. The van der Waals surface area contributed by atoms with Gasteiger partial charge in [-0.2, -0.15) is 13.2 Å². The van der Waals surface area contributed by atoms with Crippen molar-refractivity contribution in [3.8, 4) is 5.75 Å². The van der Waals surface area contributed by atoms with Gasteiger partial charge in [0.15, 0.2) is 0 Å². The van der Waals surface area contributed by atoms with Crippen molar-refractivity contribution in [3.05, 3.63) is 28.8 Å². The molecule has 0 bridgehead atoms. The molecule has 2 N–H and O–H groups in total. The number of nitrogens with two attached hydrogens (primary N) is 1. The summed E-state index contributed by atoms with van der Waals surface area (Å²) in [5, 5.41) is 0.503. The molecule has 1 aliphatic carbocycles. The van der Waals surface area contributed by atoms with Gasteiger partial charge in [0.1, 0.15) is 5.75 Å². The summed E-state index contributed by atoms with van der Waals surface area (Å²) in [4.78, 5) is 0. The molecule has 0 amide bonds. The van der Waals surface area contributed by atoms with Crippen LogP contribution in [0.1, 0.15) is 31.2 Å². The lowest BCUT2D eigenvalue weighted by molar-refractivity contribution is -0.184. The van der Waals surface area contributed by atoms with Gasteiger partial charge in [-0.05, 0) is 43.9 Å². The zero-order valence-corrected chi connectivity index (χ0v) is 11.9. The summed E-state index contributed by atoms with van der Waals surface area (Å²) in [5.41, 5.74) is 6.21. The van der Waals surface area contributed by atoms with Gasteiger partial charge in [-0.1, -0.05) is 11.6 Å². The van der Waals surface area contributed by atoms with E-state index >= 15 is 0 Å². The van der Waals surface area contributed by atoms with Gasteiger partial charge in [0.25, 0.3) is 0 Å². The van der Waals surface area contributed by atoms with Crippen molar-refractivity contribution in [2.45, 2.75) is 37.4 Å². The monoisotopic (exact) mass is 307 g/mol. The van der Waals surface area contributed by atoms with Gasteiger partial charge < -0.3 is 10.5 Å². The Kier molecular flexibility index (Phi) is 4.21. The van der Waals surface area contributed by atoms with Crippen LogP contribution >= 0.6 is 11.6 Å². The molecule has 1 saturated carbocycles. The predicted molar refractivity (Wildman–Crippen MR) is 71.9 cm³/mol. The van der Waals surface area contributed by atoms with Gasteiger partial charge in [0.05, 0.1) is 13.0 Å². The summed E-state index contributed by atoms with van der Waals surface area (Å²) in [5.74, 6) is -0.688. The predicted octanol–water partition coefficient (Wildman–Crippen LogP) is 4.26. The lowest BCUT2D eigenvalue weighted by Crippen LogP contribution is -2.43. The maximum Gasteiger partial charge on any atom is 0.391 e. The summed E-state index contributed by atoms with van der Waals surface area (Å²) < 4.78 is 43.4. The normalized spacial score (nSPS) is 27.4. The van der Waals surface area contributed by atoms with Crippen LogP contribution in [0.15, 0.2) is 18.2 Å². The van der Waals surface area contributed by atoms with Gasteiger partial charge >= 0.3 is 6.18 Å². The van der Waals surface area contributed by atoms with E-state index in [4.69, 9.17) is 22.1 Å². The second-order valence-corrected chi connectivity index (χ2v) is 5.75. The van der Waals surface area contributed by atoms with Crippen LogP contribution in [0.3, 0.4) is 0 Å². The van der Waals surface area contributed by atoms with E-state index in [0.717, 1.165) is 0 Å². The van der Waals surface area contributed by atoms with Crippen molar-refractivity contribution in [3.63, 3.8) is 0 Å². The number of rotatable bonds is 2. The number of methoxy groups -OCH3 is 1. The molecule has 0 heterocycles. The highest BCUT2D eigenvalue weighted by Crippen LogP contribution is 2.46. The number of alkyl halides is 3. The molecule has 1 aromatic carbocycles. The van der Waals surface area contributed by atoms with Gasteiger partial charge in [-0.25, -0.2) is 0 Å². The van der Waals surface area contributed by atoms with Crippen molar-refractivity contribution < 1.29 is 17.9 Å². The van der Waals surface area contributed by atoms with Crippen molar-refractivity contribution in [1.82, 2.24) is 0 Å². The highest BCUT2D eigenvalue weighted by molar-refractivity contribution is 6.30. The largest absolute Gasteiger partial charge is 0.496 e. The first-order valence-electron chi connectivity index (χ1n) is 6.46. The maximum absolute atomic E-state index is 12.7. The second-order valence-electron chi connectivity index (χ2n) is 5.32. The first-order valence-corrected chi connectivity index (χ1v) is 6.84. The topological polar surface area (TPSA) is 35.2 Å². The van der Waals surface area contributed by atoms with Crippen LogP contribution in [0.4, 0.5) is 13.2 Å². The molecular formula is C14H17ClF3NO. The summed E-state index contributed by atoms with van der Waals surface area (Å²) in [6, 6.07) is 5.06. The Balaban J connectivity index is 2.24. The molecule has 0 aliphatic heterocycles. The number of halogens is 4. The maximum atomic E-state index is 12.7. The van der Waals surface area contributed by atoms with E-state index in [1.807, 2.05) is 0 Å². The van der Waals surface area contributed by atoms with Crippen molar-refractivity contribution in [2.24, 2.45) is 11.7 Å². The fraction of sp³-hybridized carbons (Fsp3) is 0.571. The standard InChI is InChI=1S/C14H17ClF3NO/c1-20-12-3-2-10(15)8-11(12)13(19)6-4-9(5-7-13)14(16,17)18/h2-3,8-9H,4-7,19H2,1H3. The van der Waals surface area contributed by atoms with E-state index in [-0.39, 0.29) is 25.7 Å². The van der Waals surface area contributed by atoms with Gasteiger partial charge in [-0.3, -0.25) is 0 Å². The van der Waals surface area contributed by atoms with Crippen molar-refractivity contribution in [1.29, 1.82) is 0 Å². The van der Waals surface area contributed by atoms with Gasteiger partial charge in [0.2, 0.25) is 0 Å². The van der Waals surface area contributed by atoms with Crippen LogP contribution in [0, 0.1) is 5.92 Å². The molecule has 1 fully saturated rings. The molecule has 6 heteroatoms. The van der Waals surface area contributed by atoms with E-state index in [1.54, 1.807) is 18.2 Å². The minimum Gasteiger partial charge on any atom is -0.496 e. The van der Waals surface area contributed by atoms with Gasteiger partial charge in [0, 0.05) is 16.1 Å². The second kappa shape index (κ2) is 5.45. The van der Waals surface area contributed by atoms with Crippen molar-refractivity contribution >= 4 is 11.6 Å². The Morgan fingerprint density at radius 2 is 1.90 bits per heavy atom. The van der Waals surface area contributed by atoms with Crippen LogP contribution in [-0.2, 0) is 5.54 Å². The molecule has 2 rings (SSSR count). The number of ether oxygens (including phenoxy) is 1. The Hall–Kier alpha value is -0.940. The number of hydrogen-bond donors (Lipinski definition) is 1. The molecule has 1 aliphatic rings. The zero-order valence-electron chi connectivity index (χ0n) is 11.1. The third-order valence-electron chi connectivity index (χ3n) is 4.04. The van der Waals surface area contributed by atoms with Crippen molar-refractivity contribution in [2.75, 3.05) is 7.11 Å². The highest BCUT2D eigenvalue weighted by atomic mass is 35.5. The summed E-state index contributed by atoms with van der Waals surface area (Å²) >= 11 is 5.97. The van der Waals surface area contributed by atoms with Crippen LogP contribution < -0.4 is 10.5 Å². The Labute approximate surface area is 121 Å². The average Bonchev–Trinajstić information content (AvgIpc) is 2.38. The Bertz CT molecular complexity index is 482. The fourth-order valence-electron chi connectivity index (χ4n) is 2.80. The smallest absolute Gasteiger partial charge is 0.391 e. The lowest BCUT2D eigenvalue weighted by Gasteiger charge is -2.38. The molecule has 2 nitrogen and oxygen atoms in total. The minimum atomic E-state index is -4.14. The lowest BCUT2D eigenvalue weighted by atomic mass is 9.73. The molecular weight excluding hydrogens is 291 g/mol. The molecule has 0 unspecified atom stereocenters. The zero-order chi connectivity index (χ0) is 15.0. The summed E-state index contributed by atoms with van der Waals surface area (Å²) in [6.07, 6.45) is -3.52. The molecule has 0 spiro atoms. The van der Waals surface area contributed by atoms with E-state index < -0.39 is 17.6 Å². The quantitative estimate of drug-likeness (QED) is 0.886. The SMILES string of the molecule is COc1ccc(Cl)cc1C1(N)CCC(C(F)(F)F)CC1. The molecule has 20 heavy (non-hydrogen) atoms. The third kappa shape index (κ3) is 3.04. The van der Waals surface area contributed by atoms with E-state index in [0.29, 0.717) is 16.3 Å². The first-order chi connectivity index (χ1) is 9.26.